The van der Waals surface area contributed by atoms with Crippen LogP contribution in [-0.4, -0.2) is 7.11 Å². The second-order valence-electron chi connectivity index (χ2n) is 4.26. The quantitative estimate of drug-likeness (QED) is 0.658. The summed E-state index contributed by atoms with van der Waals surface area (Å²) in [7, 11) is 1.68. The molecule has 1 unspecified atom stereocenters. The molecule has 18 heavy (non-hydrogen) atoms. The van der Waals surface area contributed by atoms with Crippen molar-refractivity contribution in [3.8, 4) is 5.75 Å². The molecule has 0 aliphatic carbocycles. The summed E-state index contributed by atoms with van der Waals surface area (Å²) in [5, 5.41) is 2.09. The maximum atomic E-state index is 5.71. The molecular weight excluding hydrogens is 244 g/mol. The summed E-state index contributed by atoms with van der Waals surface area (Å²) in [6.45, 7) is 4.15. The van der Waals surface area contributed by atoms with E-state index in [2.05, 4.69) is 29.9 Å². The van der Waals surface area contributed by atoms with Crippen LogP contribution >= 0.6 is 11.3 Å². The van der Waals surface area contributed by atoms with Crippen molar-refractivity contribution in [2.45, 2.75) is 19.9 Å². The van der Waals surface area contributed by atoms with Gasteiger partial charge in [-0.15, -0.1) is 11.3 Å². The Bertz CT molecular complexity index is 536. The Morgan fingerprint density at radius 1 is 1.28 bits per heavy atom. The highest BCUT2D eigenvalue weighted by Gasteiger charge is 2.16. The molecule has 3 N–H and O–H groups in total. The Kier molecular flexibility index (Phi) is 4.01. The molecule has 0 radical (unpaired) electrons. The van der Waals surface area contributed by atoms with Gasteiger partial charge in [-0.3, -0.25) is 5.84 Å². The summed E-state index contributed by atoms with van der Waals surface area (Å²) in [6.07, 6.45) is 0. The molecular formula is C14H18N2OS. The minimum absolute atomic E-state index is 0.0286. The van der Waals surface area contributed by atoms with Gasteiger partial charge in [0.2, 0.25) is 0 Å². The third-order valence-corrected chi connectivity index (χ3v) is 3.99. The molecule has 1 heterocycles. The fraction of sp³-hybridized carbons (Fsp3) is 0.286. The average molecular weight is 262 g/mol. The van der Waals surface area contributed by atoms with Gasteiger partial charge in [-0.25, -0.2) is 5.43 Å². The second-order valence-corrected chi connectivity index (χ2v) is 5.38. The maximum absolute atomic E-state index is 5.71. The number of nitrogens with two attached hydrogens (primary N) is 1. The molecule has 0 aliphatic rings. The van der Waals surface area contributed by atoms with Crippen molar-refractivity contribution in [3.63, 3.8) is 0 Å². The highest BCUT2D eigenvalue weighted by Crippen LogP contribution is 2.30. The van der Waals surface area contributed by atoms with Crippen molar-refractivity contribution in [1.82, 2.24) is 5.43 Å². The molecule has 4 heteroatoms. The number of hydrazine groups is 1. The van der Waals surface area contributed by atoms with E-state index < -0.39 is 0 Å². The second kappa shape index (κ2) is 5.52. The van der Waals surface area contributed by atoms with E-state index in [1.54, 1.807) is 18.4 Å². The van der Waals surface area contributed by atoms with Gasteiger partial charge in [0.15, 0.2) is 0 Å². The molecule has 2 aromatic rings. The summed E-state index contributed by atoms with van der Waals surface area (Å²) in [5.41, 5.74) is 6.39. The third-order valence-electron chi connectivity index (χ3n) is 3.13. The molecule has 0 spiro atoms. The minimum atomic E-state index is 0.0286. The Morgan fingerprint density at radius 3 is 2.56 bits per heavy atom. The highest BCUT2D eigenvalue weighted by molar-refractivity contribution is 7.10. The molecule has 96 valence electrons. The topological polar surface area (TPSA) is 47.3 Å². The summed E-state index contributed by atoms with van der Waals surface area (Å²) in [6, 6.07) is 8.29. The maximum Gasteiger partial charge on any atom is 0.121 e. The molecule has 1 aromatic carbocycles. The standard InChI is InChI=1S/C14H18N2OS/c1-9-8-11(4-5-13(9)17-3)14(16-15)12-6-7-18-10(12)2/h4-8,14,16H,15H2,1-3H3. The highest BCUT2D eigenvalue weighted by atomic mass is 32.1. The first-order valence-electron chi connectivity index (χ1n) is 5.82. The summed E-state index contributed by atoms with van der Waals surface area (Å²) >= 11 is 1.73. The number of rotatable bonds is 4. The zero-order chi connectivity index (χ0) is 13.1. The lowest BCUT2D eigenvalue weighted by molar-refractivity contribution is 0.411. The van der Waals surface area contributed by atoms with Gasteiger partial charge in [-0.05, 0) is 48.1 Å². The van der Waals surface area contributed by atoms with E-state index in [4.69, 9.17) is 10.6 Å². The van der Waals surface area contributed by atoms with Crippen molar-refractivity contribution in [3.05, 3.63) is 51.2 Å². The molecule has 0 bridgehead atoms. The molecule has 0 amide bonds. The number of hydrogen-bond acceptors (Lipinski definition) is 4. The van der Waals surface area contributed by atoms with E-state index >= 15 is 0 Å². The number of benzene rings is 1. The molecule has 1 aromatic heterocycles. The van der Waals surface area contributed by atoms with Crippen molar-refractivity contribution >= 4 is 11.3 Å². The van der Waals surface area contributed by atoms with Crippen LogP contribution in [0.5, 0.6) is 5.75 Å². The van der Waals surface area contributed by atoms with E-state index in [-0.39, 0.29) is 6.04 Å². The monoisotopic (exact) mass is 262 g/mol. The normalized spacial score (nSPS) is 12.4. The van der Waals surface area contributed by atoms with Crippen molar-refractivity contribution < 1.29 is 4.74 Å². The van der Waals surface area contributed by atoms with Crippen molar-refractivity contribution in [1.29, 1.82) is 0 Å². The van der Waals surface area contributed by atoms with Gasteiger partial charge in [-0.1, -0.05) is 12.1 Å². The first-order chi connectivity index (χ1) is 8.67. The molecule has 0 saturated heterocycles. The van der Waals surface area contributed by atoms with Crippen LogP contribution < -0.4 is 16.0 Å². The number of aryl methyl sites for hydroxylation is 2. The summed E-state index contributed by atoms with van der Waals surface area (Å²) in [4.78, 5) is 1.28. The zero-order valence-corrected chi connectivity index (χ0v) is 11.7. The molecule has 1 atom stereocenters. The van der Waals surface area contributed by atoms with Crippen molar-refractivity contribution in [2.24, 2.45) is 5.84 Å². The van der Waals surface area contributed by atoms with Gasteiger partial charge >= 0.3 is 0 Å². The van der Waals surface area contributed by atoms with Gasteiger partial charge in [-0.2, -0.15) is 0 Å². The smallest absolute Gasteiger partial charge is 0.121 e. The van der Waals surface area contributed by atoms with Crippen molar-refractivity contribution in [2.75, 3.05) is 7.11 Å². The van der Waals surface area contributed by atoms with Crippen LogP contribution in [0.3, 0.4) is 0 Å². The average Bonchev–Trinajstić information content (AvgIpc) is 2.77. The third kappa shape index (κ3) is 2.41. The van der Waals surface area contributed by atoms with Crippen LogP contribution in [-0.2, 0) is 0 Å². The SMILES string of the molecule is COc1ccc(C(NN)c2ccsc2C)cc1C. The van der Waals surface area contributed by atoms with Gasteiger partial charge in [0.05, 0.1) is 13.2 Å². The first kappa shape index (κ1) is 13.1. The Balaban J connectivity index is 2.40. The van der Waals surface area contributed by atoms with Crippen LogP contribution in [0.1, 0.15) is 27.6 Å². The number of ether oxygens (including phenoxy) is 1. The lowest BCUT2D eigenvalue weighted by Gasteiger charge is -2.18. The van der Waals surface area contributed by atoms with E-state index in [1.165, 1.54) is 10.4 Å². The summed E-state index contributed by atoms with van der Waals surface area (Å²) < 4.78 is 5.28. The Hall–Kier alpha value is -1.36. The first-order valence-corrected chi connectivity index (χ1v) is 6.70. The molecule has 3 nitrogen and oxygen atoms in total. The lowest BCUT2D eigenvalue weighted by atomic mass is 9.98. The van der Waals surface area contributed by atoms with Crippen LogP contribution in [0.15, 0.2) is 29.6 Å². The van der Waals surface area contributed by atoms with Gasteiger partial charge in [0.25, 0.3) is 0 Å². The fourth-order valence-electron chi connectivity index (χ4n) is 2.14. The lowest BCUT2D eigenvalue weighted by Crippen LogP contribution is -2.29. The predicted octanol–water partition coefficient (Wildman–Crippen LogP) is 2.93. The summed E-state index contributed by atoms with van der Waals surface area (Å²) in [5.74, 6) is 6.61. The predicted molar refractivity (Wildman–Crippen MR) is 76.0 cm³/mol. The number of hydrogen-bond donors (Lipinski definition) is 2. The molecule has 0 saturated carbocycles. The van der Waals surface area contributed by atoms with E-state index in [0.29, 0.717) is 0 Å². The number of methoxy groups -OCH3 is 1. The fourth-order valence-corrected chi connectivity index (χ4v) is 2.88. The van der Waals surface area contributed by atoms with Crippen LogP contribution in [0.2, 0.25) is 0 Å². The number of nitrogens with one attached hydrogen (secondary N) is 1. The molecule has 0 aliphatic heterocycles. The molecule has 0 fully saturated rings. The van der Waals surface area contributed by atoms with E-state index in [1.807, 2.05) is 19.1 Å². The van der Waals surface area contributed by atoms with Gasteiger partial charge in [0.1, 0.15) is 5.75 Å². The largest absolute Gasteiger partial charge is 0.496 e. The van der Waals surface area contributed by atoms with Gasteiger partial charge in [0, 0.05) is 4.88 Å². The minimum Gasteiger partial charge on any atom is -0.496 e. The van der Waals surface area contributed by atoms with Crippen LogP contribution in [0.25, 0.3) is 0 Å². The van der Waals surface area contributed by atoms with Gasteiger partial charge < -0.3 is 4.74 Å². The zero-order valence-electron chi connectivity index (χ0n) is 10.9. The molecule has 2 rings (SSSR count). The Labute approximate surface area is 112 Å². The number of thiophene rings is 1. The van der Waals surface area contributed by atoms with Crippen LogP contribution in [0, 0.1) is 13.8 Å². The van der Waals surface area contributed by atoms with E-state index in [9.17, 15) is 0 Å². The Morgan fingerprint density at radius 2 is 2.06 bits per heavy atom. The van der Waals surface area contributed by atoms with Crippen LogP contribution in [0.4, 0.5) is 0 Å². The van der Waals surface area contributed by atoms with E-state index in [0.717, 1.165) is 16.9 Å².